The summed E-state index contributed by atoms with van der Waals surface area (Å²) in [6, 6.07) is 2.56. The zero-order valence-corrected chi connectivity index (χ0v) is 9.01. The fraction of sp³-hybridized carbons (Fsp3) is 0.909. The second-order valence-electron chi connectivity index (χ2n) is 3.84. The fourth-order valence-corrected chi connectivity index (χ4v) is 2.36. The summed E-state index contributed by atoms with van der Waals surface area (Å²) < 4.78 is 0. The summed E-state index contributed by atoms with van der Waals surface area (Å²) in [5.74, 6) is 0.641. The van der Waals surface area contributed by atoms with Crippen LogP contribution in [0.5, 0.6) is 0 Å². The minimum absolute atomic E-state index is 0.149. The zero-order chi connectivity index (χ0) is 9.90. The molecule has 0 aliphatic heterocycles. The Balaban J connectivity index is 2.81. The molecule has 1 aliphatic rings. The van der Waals surface area contributed by atoms with Crippen LogP contribution in [0.4, 0.5) is 0 Å². The Hall–Kier alpha value is -0.550. The highest BCUT2D eigenvalue weighted by molar-refractivity contribution is 5.15. The van der Waals surface area contributed by atoms with Gasteiger partial charge in [-0.05, 0) is 38.3 Å². The lowest BCUT2D eigenvalue weighted by Crippen LogP contribution is -2.49. The first-order chi connectivity index (χ1) is 6.25. The van der Waals surface area contributed by atoms with Gasteiger partial charge in [0.25, 0.3) is 0 Å². The van der Waals surface area contributed by atoms with E-state index in [0.717, 1.165) is 19.5 Å². The minimum atomic E-state index is -0.149. The van der Waals surface area contributed by atoms with E-state index in [-0.39, 0.29) is 5.54 Å². The molecule has 0 saturated heterocycles. The van der Waals surface area contributed by atoms with Crippen molar-refractivity contribution in [3.8, 4) is 6.07 Å². The van der Waals surface area contributed by atoms with Gasteiger partial charge in [-0.1, -0.05) is 20.8 Å². The molecule has 0 heterocycles. The summed E-state index contributed by atoms with van der Waals surface area (Å²) in [6.07, 6.45) is 3.46. The monoisotopic (exact) mass is 180 g/mol. The van der Waals surface area contributed by atoms with E-state index in [1.54, 1.807) is 0 Å². The van der Waals surface area contributed by atoms with Gasteiger partial charge in [0.05, 0.1) is 6.07 Å². The molecule has 1 unspecified atom stereocenters. The molecule has 2 nitrogen and oxygen atoms in total. The molecule has 0 spiro atoms. The summed E-state index contributed by atoms with van der Waals surface area (Å²) in [4.78, 5) is 2.32. The molecular formula is C11H20N2. The summed E-state index contributed by atoms with van der Waals surface area (Å²) >= 11 is 0. The van der Waals surface area contributed by atoms with Crippen LogP contribution in [0.2, 0.25) is 0 Å². The van der Waals surface area contributed by atoms with Crippen molar-refractivity contribution in [3.05, 3.63) is 0 Å². The first-order valence-electron chi connectivity index (χ1n) is 5.41. The predicted molar refractivity (Wildman–Crippen MR) is 54.3 cm³/mol. The maximum Gasteiger partial charge on any atom is 0.111 e. The molecule has 1 rings (SSSR count). The molecule has 74 valence electrons. The molecule has 1 fully saturated rings. The number of nitriles is 1. The van der Waals surface area contributed by atoms with Crippen LogP contribution in [-0.4, -0.2) is 23.5 Å². The molecule has 0 bridgehead atoms. The van der Waals surface area contributed by atoms with Crippen molar-refractivity contribution in [2.75, 3.05) is 13.1 Å². The molecule has 0 amide bonds. The Labute approximate surface area is 81.5 Å². The van der Waals surface area contributed by atoms with Crippen molar-refractivity contribution >= 4 is 0 Å². The Morgan fingerprint density at radius 2 is 1.85 bits per heavy atom. The maximum atomic E-state index is 9.33. The number of nitrogens with zero attached hydrogens (tertiary/aromatic N) is 2. The van der Waals surface area contributed by atoms with E-state index >= 15 is 0 Å². The zero-order valence-electron chi connectivity index (χ0n) is 9.01. The van der Waals surface area contributed by atoms with E-state index in [4.69, 9.17) is 0 Å². The number of hydrogen-bond acceptors (Lipinski definition) is 2. The molecule has 2 heteroatoms. The van der Waals surface area contributed by atoms with Crippen LogP contribution in [0, 0.1) is 17.2 Å². The van der Waals surface area contributed by atoms with Gasteiger partial charge in [-0.15, -0.1) is 0 Å². The van der Waals surface area contributed by atoms with Crippen LogP contribution in [0.3, 0.4) is 0 Å². The topological polar surface area (TPSA) is 27.0 Å². The van der Waals surface area contributed by atoms with Gasteiger partial charge >= 0.3 is 0 Å². The van der Waals surface area contributed by atoms with E-state index < -0.39 is 0 Å². The highest BCUT2D eigenvalue weighted by atomic mass is 15.2. The van der Waals surface area contributed by atoms with Gasteiger partial charge in [-0.3, -0.25) is 4.90 Å². The van der Waals surface area contributed by atoms with Crippen molar-refractivity contribution in [3.63, 3.8) is 0 Å². The second kappa shape index (κ2) is 4.11. The van der Waals surface area contributed by atoms with Crippen LogP contribution in [0.1, 0.15) is 40.0 Å². The first-order valence-corrected chi connectivity index (χ1v) is 5.41. The minimum Gasteiger partial charge on any atom is -0.286 e. The quantitative estimate of drug-likeness (QED) is 0.649. The molecular weight excluding hydrogens is 160 g/mol. The number of hydrogen-bond donors (Lipinski definition) is 0. The van der Waals surface area contributed by atoms with Gasteiger partial charge in [-0.2, -0.15) is 5.26 Å². The van der Waals surface area contributed by atoms with E-state index in [1.165, 1.54) is 12.8 Å². The summed E-state index contributed by atoms with van der Waals surface area (Å²) in [5.41, 5.74) is -0.149. The normalized spacial score (nSPS) is 21.2. The fourth-order valence-electron chi connectivity index (χ4n) is 2.36. The predicted octanol–water partition coefficient (Wildman–Crippen LogP) is 2.41. The molecule has 1 saturated carbocycles. The largest absolute Gasteiger partial charge is 0.286 e. The van der Waals surface area contributed by atoms with E-state index in [0.29, 0.717) is 5.92 Å². The Bertz CT molecular complexity index is 199. The van der Waals surface area contributed by atoms with Crippen LogP contribution in [-0.2, 0) is 0 Å². The van der Waals surface area contributed by atoms with Crippen molar-refractivity contribution in [2.24, 2.45) is 5.92 Å². The van der Waals surface area contributed by atoms with Crippen LogP contribution in [0.15, 0.2) is 0 Å². The van der Waals surface area contributed by atoms with Crippen molar-refractivity contribution < 1.29 is 0 Å². The molecule has 0 aromatic heterocycles. The van der Waals surface area contributed by atoms with Crippen molar-refractivity contribution in [2.45, 2.75) is 45.6 Å². The summed E-state index contributed by atoms with van der Waals surface area (Å²) in [7, 11) is 0. The lowest BCUT2D eigenvalue weighted by molar-refractivity contribution is 0.125. The Morgan fingerprint density at radius 3 is 2.08 bits per heavy atom. The second-order valence-corrected chi connectivity index (χ2v) is 3.84. The number of rotatable bonds is 5. The molecule has 0 N–H and O–H groups in total. The molecule has 13 heavy (non-hydrogen) atoms. The lowest BCUT2D eigenvalue weighted by atomic mass is 9.89. The maximum absolute atomic E-state index is 9.33. The third kappa shape index (κ3) is 1.71. The van der Waals surface area contributed by atoms with Gasteiger partial charge in [0, 0.05) is 0 Å². The lowest BCUT2D eigenvalue weighted by Gasteiger charge is -2.37. The standard InChI is InChI=1S/C11H20N2/c1-4-11(9-12,10-7-8-10)13(5-2)6-3/h10H,4-8H2,1-3H3. The molecule has 1 atom stereocenters. The van der Waals surface area contributed by atoms with Gasteiger partial charge in [0.1, 0.15) is 5.54 Å². The van der Waals surface area contributed by atoms with E-state index in [9.17, 15) is 5.26 Å². The molecule has 0 aromatic carbocycles. The van der Waals surface area contributed by atoms with E-state index in [2.05, 4.69) is 31.7 Å². The van der Waals surface area contributed by atoms with Gasteiger partial charge in [0.2, 0.25) is 0 Å². The SMILES string of the molecule is CCN(CC)C(C#N)(CC)C1CC1. The van der Waals surface area contributed by atoms with E-state index in [1.807, 2.05) is 0 Å². The first kappa shape index (κ1) is 10.5. The van der Waals surface area contributed by atoms with Crippen molar-refractivity contribution in [1.82, 2.24) is 4.90 Å². The third-order valence-corrected chi connectivity index (χ3v) is 3.31. The summed E-state index contributed by atoms with van der Waals surface area (Å²) in [6.45, 7) is 8.42. The Kier molecular flexibility index (Phi) is 3.33. The Morgan fingerprint density at radius 1 is 1.31 bits per heavy atom. The summed E-state index contributed by atoms with van der Waals surface area (Å²) in [5, 5.41) is 9.33. The van der Waals surface area contributed by atoms with Gasteiger partial charge in [-0.25, -0.2) is 0 Å². The average Bonchev–Trinajstić information content (AvgIpc) is 2.98. The highest BCUT2D eigenvalue weighted by Crippen LogP contribution is 2.44. The van der Waals surface area contributed by atoms with Crippen LogP contribution < -0.4 is 0 Å². The molecule has 0 radical (unpaired) electrons. The van der Waals surface area contributed by atoms with Crippen LogP contribution in [0.25, 0.3) is 0 Å². The van der Waals surface area contributed by atoms with Gasteiger partial charge < -0.3 is 0 Å². The average molecular weight is 180 g/mol. The van der Waals surface area contributed by atoms with Crippen molar-refractivity contribution in [1.29, 1.82) is 5.26 Å². The molecule has 1 aliphatic carbocycles. The highest BCUT2D eigenvalue weighted by Gasteiger charge is 2.47. The molecule has 0 aromatic rings. The van der Waals surface area contributed by atoms with Gasteiger partial charge in [0.15, 0.2) is 0 Å². The smallest absolute Gasteiger partial charge is 0.111 e. The third-order valence-electron chi connectivity index (χ3n) is 3.31. The van der Waals surface area contributed by atoms with Crippen LogP contribution >= 0.6 is 0 Å².